The maximum atomic E-state index is 12.5. The van der Waals surface area contributed by atoms with Gasteiger partial charge in [-0.05, 0) is 42.3 Å². The van der Waals surface area contributed by atoms with Crippen molar-refractivity contribution >= 4 is 28.5 Å². The minimum atomic E-state index is -0.547. The largest absolute Gasteiger partial charge is 0.493 e. The number of rotatable bonds is 11. The van der Waals surface area contributed by atoms with Crippen molar-refractivity contribution in [2.75, 3.05) is 25.6 Å². The molecule has 1 N–H and O–H groups in total. The average molecular weight is 465 g/mol. The smallest absolute Gasteiger partial charge is 0.268 e. The number of aryl methyl sites for hydroxylation is 1. The quantitative estimate of drug-likeness (QED) is 0.253. The van der Waals surface area contributed by atoms with Gasteiger partial charge in [-0.25, -0.2) is 0 Å². The molecule has 0 unspecified atom stereocenters. The van der Waals surface area contributed by atoms with Gasteiger partial charge in [0.2, 0.25) is 5.13 Å². The van der Waals surface area contributed by atoms with E-state index in [-0.39, 0.29) is 5.57 Å². The number of nitrogens with one attached hydrogen (secondary N) is 1. The maximum absolute atomic E-state index is 12.5. The van der Waals surface area contributed by atoms with E-state index in [0.717, 1.165) is 23.6 Å². The molecule has 3 rings (SSSR count). The lowest BCUT2D eigenvalue weighted by atomic mass is 10.1. The SMILES string of the molecule is CCCc1nnc(NC(=O)C(C#N)=Cc2ccc(OCCOc3ccccc3)c(OC)c2)s1. The van der Waals surface area contributed by atoms with Crippen LogP contribution < -0.4 is 19.5 Å². The van der Waals surface area contributed by atoms with E-state index in [4.69, 9.17) is 14.2 Å². The molecular formula is C24H24N4O4S. The number of amides is 1. The molecule has 1 aromatic heterocycles. The van der Waals surface area contributed by atoms with Crippen molar-refractivity contribution in [3.8, 4) is 23.3 Å². The van der Waals surface area contributed by atoms with Crippen LogP contribution in [0.2, 0.25) is 0 Å². The second kappa shape index (κ2) is 12.2. The molecule has 1 amide bonds. The zero-order valence-electron chi connectivity index (χ0n) is 18.4. The summed E-state index contributed by atoms with van der Waals surface area (Å²) in [6, 6.07) is 16.6. The molecule has 0 aliphatic rings. The van der Waals surface area contributed by atoms with Gasteiger partial charge < -0.3 is 14.2 Å². The molecule has 3 aromatic rings. The van der Waals surface area contributed by atoms with Crippen molar-refractivity contribution in [1.29, 1.82) is 5.26 Å². The summed E-state index contributed by atoms with van der Waals surface area (Å²) in [6.07, 6.45) is 3.21. The van der Waals surface area contributed by atoms with Gasteiger partial charge in [-0.1, -0.05) is 42.5 Å². The number of benzene rings is 2. The first-order valence-electron chi connectivity index (χ1n) is 10.4. The average Bonchev–Trinajstić information content (AvgIpc) is 3.28. The molecule has 0 bridgehead atoms. The van der Waals surface area contributed by atoms with Crippen LogP contribution in [0.1, 0.15) is 23.9 Å². The first-order chi connectivity index (χ1) is 16.1. The van der Waals surface area contributed by atoms with Crippen LogP contribution in [-0.2, 0) is 11.2 Å². The van der Waals surface area contributed by atoms with Crippen LogP contribution in [-0.4, -0.2) is 36.4 Å². The number of anilines is 1. The summed E-state index contributed by atoms with van der Waals surface area (Å²) < 4.78 is 16.8. The van der Waals surface area contributed by atoms with E-state index < -0.39 is 5.91 Å². The Labute approximate surface area is 196 Å². The highest BCUT2D eigenvalue weighted by Gasteiger charge is 2.14. The molecule has 0 spiro atoms. The van der Waals surface area contributed by atoms with Crippen molar-refractivity contribution in [3.63, 3.8) is 0 Å². The highest BCUT2D eigenvalue weighted by atomic mass is 32.1. The second-order valence-electron chi connectivity index (χ2n) is 6.80. The Morgan fingerprint density at radius 3 is 2.64 bits per heavy atom. The van der Waals surface area contributed by atoms with Crippen molar-refractivity contribution < 1.29 is 19.0 Å². The van der Waals surface area contributed by atoms with Crippen LogP contribution in [0.25, 0.3) is 6.08 Å². The molecule has 9 heteroatoms. The third kappa shape index (κ3) is 7.05. The van der Waals surface area contributed by atoms with Crippen molar-refractivity contribution in [3.05, 3.63) is 64.7 Å². The van der Waals surface area contributed by atoms with Crippen LogP contribution in [0, 0.1) is 11.3 Å². The topological polar surface area (TPSA) is 106 Å². The van der Waals surface area contributed by atoms with Crippen LogP contribution in [0.4, 0.5) is 5.13 Å². The fourth-order valence-electron chi connectivity index (χ4n) is 2.82. The molecule has 0 saturated heterocycles. The Bertz CT molecular complexity index is 1140. The predicted octanol–water partition coefficient (Wildman–Crippen LogP) is 4.50. The third-order valence-corrected chi connectivity index (χ3v) is 5.27. The highest BCUT2D eigenvalue weighted by molar-refractivity contribution is 7.15. The van der Waals surface area contributed by atoms with E-state index in [9.17, 15) is 10.1 Å². The summed E-state index contributed by atoms with van der Waals surface area (Å²) in [4.78, 5) is 12.5. The fourth-order valence-corrected chi connectivity index (χ4v) is 3.66. The summed E-state index contributed by atoms with van der Waals surface area (Å²) in [5.41, 5.74) is 0.560. The Morgan fingerprint density at radius 2 is 1.91 bits per heavy atom. The van der Waals surface area contributed by atoms with Crippen LogP contribution in [0.3, 0.4) is 0 Å². The number of carbonyl (C=O) groups is 1. The first kappa shape index (κ1) is 23.8. The van der Waals surface area contributed by atoms with Crippen LogP contribution in [0.5, 0.6) is 17.2 Å². The molecule has 0 atom stereocenters. The molecular weight excluding hydrogens is 440 g/mol. The molecule has 0 aliphatic carbocycles. The summed E-state index contributed by atoms with van der Waals surface area (Å²) in [5.74, 6) is 1.24. The Balaban J connectivity index is 1.62. The molecule has 0 aliphatic heterocycles. The Morgan fingerprint density at radius 1 is 1.12 bits per heavy atom. The van der Waals surface area contributed by atoms with Gasteiger partial charge in [-0.3, -0.25) is 10.1 Å². The molecule has 33 heavy (non-hydrogen) atoms. The van der Waals surface area contributed by atoms with Gasteiger partial charge in [-0.2, -0.15) is 5.26 Å². The number of methoxy groups -OCH3 is 1. The normalized spacial score (nSPS) is 10.9. The standard InChI is InChI=1S/C24H24N4O4S/c1-3-7-22-27-28-24(33-22)26-23(29)18(16-25)14-17-10-11-20(21(15-17)30-2)32-13-12-31-19-8-5-4-6-9-19/h4-6,8-11,14-15H,3,7,12-13H2,1-2H3,(H,26,28,29). The third-order valence-electron chi connectivity index (χ3n) is 4.37. The van der Waals surface area contributed by atoms with E-state index in [1.54, 1.807) is 18.2 Å². The van der Waals surface area contributed by atoms with E-state index in [1.807, 2.05) is 43.3 Å². The summed E-state index contributed by atoms with van der Waals surface area (Å²) in [5, 5.41) is 21.3. The highest BCUT2D eigenvalue weighted by Crippen LogP contribution is 2.29. The second-order valence-corrected chi connectivity index (χ2v) is 7.86. The van der Waals surface area contributed by atoms with Crippen LogP contribution >= 0.6 is 11.3 Å². The minimum absolute atomic E-state index is 0.0609. The van der Waals surface area contributed by atoms with Gasteiger partial charge in [0.15, 0.2) is 11.5 Å². The summed E-state index contributed by atoms with van der Waals surface area (Å²) in [7, 11) is 1.53. The molecule has 2 aromatic carbocycles. The predicted molar refractivity (Wildman–Crippen MR) is 127 cm³/mol. The van der Waals surface area contributed by atoms with Gasteiger partial charge >= 0.3 is 0 Å². The van der Waals surface area contributed by atoms with E-state index >= 15 is 0 Å². The monoisotopic (exact) mass is 464 g/mol. The van der Waals surface area contributed by atoms with Gasteiger partial charge in [0, 0.05) is 6.42 Å². The van der Waals surface area contributed by atoms with Crippen molar-refractivity contribution in [1.82, 2.24) is 10.2 Å². The fraction of sp³-hybridized carbons (Fsp3) is 0.250. The lowest BCUT2D eigenvalue weighted by Gasteiger charge is -2.12. The molecule has 1 heterocycles. The summed E-state index contributed by atoms with van der Waals surface area (Å²) >= 11 is 1.30. The van der Waals surface area contributed by atoms with Crippen molar-refractivity contribution in [2.24, 2.45) is 0 Å². The zero-order valence-corrected chi connectivity index (χ0v) is 19.2. The maximum Gasteiger partial charge on any atom is 0.268 e. The minimum Gasteiger partial charge on any atom is -0.493 e. The number of hydrogen-bond acceptors (Lipinski definition) is 8. The lowest BCUT2D eigenvalue weighted by Crippen LogP contribution is -2.13. The first-order valence-corrected chi connectivity index (χ1v) is 11.2. The Kier molecular flexibility index (Phi) is 8.79. The van der Waals surface area contributed by atoms with E-state index in [0.29, 0.717) is 35.4 Å². The van der Waals surface area contributed by atoms with E-state index in [1.165, 1.54) is 24.5 Å². The van der Waals surface area contributed by atoms with Gasteiger partial charge in [0.25, 0.3) is 5.91 Å². The van der Waals surface area contributed by atoms with Gasteiger partial charge in [0.1, 0.15) is 35.6 Å². The zero-order chi connectivity index (χ0) is 23.5. The number of para-hydroxylation sites is 1. The molecule has 8 nitrogen and oxygen atoms in total. The number of hydrogen-bond donors (Lipinski definition) is 1. The van der Waals surface area contributed by atoms with Crippen LogP contribution in [0.15, 0.2) is 54.1 Å². The summed E-state index contributed by atoms with van der Waals surface area (Å²) in [6.45, 7) is 2.74. The molecule has 0 radical (unpaired) electrons. The number of aromatic nitrogens is 2. The van der Waals surface area contributed by atoms with E-state index in [2.05, 4.69) is 15.5 Å². The number of ether oxygens (including phenoxy) is 3. The number of nitriles is 1. The number of nitrogens with zero attached hydrogens (tertiary/aromatic N) is 3. The van der Waals surface area contributed by atoms with Gasteiger partial charge in [-0.15, -0.1) is 10.2 Å². The Hall–Kier alpha value is -3.90. The molecule has 170 valence electrons. The number of carbonyl (C=O) groups excluding carboxylic acids is 1. The molecule has 0 saturated carbocycles. The van der Waals surface area contributed by atoms with Crippen molar-refractivity contribution in [2.45, 2.75) is 19.8 Å². The van der Waals surface area contributed by atoms with Gasteiger partial charge in [0.05, 0.1) is 7.11 Å². The lowest BCUT2D eigenvalue weighted by molar-refractivity contribution is -0.112. The molecule has 0 fully saturated rings.